The number of aryl methyl sites for hydroxylation is 2. The molecule has 7 rings (SSSR count). The number of benzene rings is 5. The molecular weight excluding hydrogens is 478 g/mol. The van der Waals surface area contributed by atoms with Crippen LogP contribution >= 0.6 is 0 Å². The van der Waals surface area contributed by atoms with Crippen molar-refractivity contribution in [2.45, 2.75) is 31.9 Å². The van der Waals surface area contributed by atoms with Crippen molar-refractivity contribution < 1.29 is 4.74 Å². The first-order chi connectivity index (χ1) is 19.2. The van der Waals surface area contributed by atoms with Crippen molar-refractivity contribution in [2.24, 2.45) is 5.11 Å². The van der Waals surface area contributed by atoms with E-state index in [2.05, 4.69) is 114 Å². The van der Waals surface area contributed by atoms with Gasteiger partial charge in [0.1, 0.15) is 5.75 Å². The highest BCUT2D eigenvalue weighted by Crippen LogP contribution is 2.51. The van der Waals surface area contributed by atoms with E-state index in [1.165, 1.54) is 38.6 Å². The molecule has 0 saturated heterocycles. The average molecular weight is 506 g/mol. The van der Waals surface area contributed by atoms with Crippen LogP contribution in [-0.4, -0.2) is 0 Å². The fourth-order valence-corrected chi connectivity index (χ4v) is 6.21. The van der Waals surface area contributed by atoms with Crippen LogP contribution in [0.4, 0.5) is 0 Å². The molecule has 188 valence electrons. The summed E-state index contributed by atoms with van der Waals surface area (Å²) in [6.07, 6.45) is 6.39. The van der Waals surface area contributed by atoms with Crippen molar-refractivity contribution in [1.82, 2.24) is 0 Å². The SMILES string of the molecule is Cc1ccc(C2(c3ccc(CN=[N+]=[N-])cc3)C=Cc3c(c4c(c5ccccc35)-c3ccccc3CC4)O2)cc1. The number of rotatable bonds is 4. The highest BCUT2D eigenvalue weighted by Gasteiger charge is 2.39. The van der Waals surface area contributed by atoms with E-state index < -0.39 is 5.60 Å². The van der Waals surface area contributed by atoms with Crippen molar-refractivity contribution in [3.63, 3.8) is 0 Å². The second kappa shape index (κ2) is 9.20. The zero-order valence-corrected chi connectivity index (χ0v) is 21.8. The van der Waals surface area contributed by atoms with E-state index in [4.69, 9.17) is 10.3 Å². The summed E-state index contributed by atoms with van der Waals surface area (Å²) in [5, 5.41) is 6.21. The van der Waals surface area contributed by atoms with Gasteiger partial charge in [0.15, 0.2) is 5.60 Å². The summed E-state index contributed by atoms with van der Waals surface area (Å²) in [5.74, 6) is 0.972. The highest BCUT2D eigenvalue weighted by molar-refractivity contribution is 6.06. The molecule has 4 heteroatoms. The maximum absolute atomic E-state index is 8.75. The number of azide groups is 1. The topological polar surface area (TPSA) is 58.0 Å². The Morgan fingerprint density at radius 2 is 1.51 bits per heavy atom. The van der Waals surface area contributed by atoms with Crippen LogP contribution in [0.2, 0.25) is 0 Å². The number of fused-ring (bicyclic) bond motifs is 8. The molecule has 39 heavy (non-hydrogen) atoms. The molecule has 0 aromatic heterocycles. The molecule has 0 fully saturated rings. The standard InChI is InChI=1S/C35H27N3O/c1-23-10-15-26(16-11-23)35(27-17-12-24(13-18-27)22-37-38-36)21-20-31-29-8-4-5-9-30(29)33-28-7-3-2-6-25(28)14-19-32(33)34(31)39-35/h2-13,15-18,20-21H,14,19,22H2,1H3. The van der Waals surface area contributed by atoms with Crippen LogP contribution in [-0.2, 0) is 25.0 Å². The van der Waals surface area contributed by atoms with Crippen LogP contribution in [0.1, 0.15) is 38.9 Å². The van der Waals surface area contributed by atoms with Gasteiger partial charge in [-0.15, -0.1) is 0 Å². The second-order valence-corrected chi connectivity index (χ2v) is 10.4. The molecule has 2 aliphatic rings. The van der Waals surface area contributed by atoms with Gasteiger partial charge in [-0.1, -0.05) is 108 Å². The summed E-state index contributed by atoms with van der Waals surface area (Å²) in [6, 6.07) is 34.4. The Kier molecular flexibility index (Phi) is 5.50. The van der Waals surface area contributed by atoms with Gasteiger partial charge in [0, 0.05) is 27.2 Å². The minimum Gasteiger partial charge on any atom is -0.473 e. The normalized spacial score (nSPS) is 16.9. The molecule has 1 unspecified atom stereocenters. The van der Waals surface area contributed by atoms with Crippen molar-refractivity contribution in [3.8, 4) is 16.9 Å². The lowest BCUT2D eigenvalue weighted by atomic mass is 9.78. The van der Waals surface area contributed by atoms with Gasteiger partial charge < -0.3 is 4.74 Å². The largest absolute Gasteiger partial charge is 0.473 e. The third kappa shape index (κ3) is 3.72. The van der Waals surface area contributed by atoms with Gasteiger partial charge in [-0.2, -0.15) is 0 Å². The molecule has 0 amide bonds. The van der Waals surface area contributed by atoms with E-state index in [0.717, 1.165) is 40.8 Å². The molecule has 4 nitrogen and oxygen atoms in total. The number of ether oxygens (including phenoxy) is 1. The Labute approximate surface area is 227 Å². The van der Waals surface area contributed by atoms with Crippen LogP contribution in [0.3, 0.4) is 0 Å². The van der Waals surface area contributed by atoms with Gasteiger partial charge >= 0.3 is 0 Å². The van der Waals surface area contributed by atoms with Crippen LogP contribution in [0.25, 0.3) is 38.4 Å². The molecule has 0 saturated carbocycles. The summed E-state index contributed by atoms with van der Waals surface area (Å²) in [6.45, 7) is 2.43. The Balaban J connectivity index is 1.48. The first-order valence-electron chi connectivity index (χ1n) is 13.4. The molecular formula is C35H27N3O. The molecule has 5 aromatic rings. The van der Waals surface area contributed by atoms with Crippen LogP contribution in [0, 0.1) is 6.92 Å². The molecule has 0 spiro atoms. The highest BCUT2D eigenvalue weighted by atomic mass is 16.5. The van der Waals surface area contributed by atoms with Gasteiger partial charge in [-0.05, 0) is 70.5 Å². The van der Waals surface area contributed by atoms with Crippen molar-refractivity contribution in [2.75, 3.05) is 0 Å². The minimum absolute atomic E-state index is 0.326. The van der Waals surface area contributed by atoms with Crippen LogP contribution < -0.4 is 4.74 Å². The van der Waals surface area contributed by atoms with E-state index in [1.807, 2.05) is 12.1 Å². The quantitative estimate of drug-likeness (QED) is 0.136. The molecule has 1 atom stereocenters. The zero-order valence-electron chi connectivity index (χ0n) is 21.8. The molecule has 5 aromatic carbocycles. The van der Waals surface area contributed by atoms with E-state index in [9.17, 15) is 0 Å². The molecule has 0 bridgehead atoms. The zero-order chi connectivity index (χ0) is 26.4. The maximum Gasteiger partial charge on any atom is 0.178 e. The second-order valence-electron chi connectivity index (χ2n) is 10.4. The molecule has 1 aliphatic carbocycles. The molecule has 0 radical (unpaired) electrons. The van der Waals surface area contributed by atoms with E-state index in [1.54, 1.807) is 0 Å². The number of hydrogen-bond acceptors (Lipinski definition) is 2. The lowest BCUT2D eigenvalue weighted by molar-refractivity contribution is 0.159. The average Bonchev–Trinajstić information content (AvgIpc) is 3.00. The van der Waals surface area contributed by atoms with Crippen molar-refractivity contribution >= 4 is 16.8 Å². The summed E-state index contributed by atoms with van der Waals surface area (Å²) >= 11 is 0. The third-order valence-corrected chi connectivity index (χ3v) is 8.17. The predicted molar refractivity (Wildman–Crippen MR) is 158 cm³/mol. The summed E-state index contributed by atoms with van der Waals surface area (Å²) in [5.41, 5.74) is 18.7. The minimum atomic E-state index is -0.787. The number of hydrogen-bond donors (Lipinski definition) is 0. The van der Waals surface area contributed by atoms with Gasteiger partial charge in [0.05, 0.1) is 6.54 Å². The Bertz CT molecular complexity index is 1810. The summed E-state index contributed by atoms with van der Waals surface area (Å²) in [4.78, 5) is 2.91. The predicted octanol–water partition coefficient (Wildman–Crippen LogP) is 9.07. The van der Waals surface area contributed by atoms with Gasteiger partial charge in [0.2, 0.25) is 0 Å². The third-order valence-electron chi connectivity index (χ3n) is 8.17. The van der Waals surface area contributed by atoms with E-state index in [0.29, 0.717) is 6.54 Å². The first kappa shape index (κ1) is 23.3. The maximum atomic E-state index is 8.75. The first-order valence-corrected chi connectivity index (χ1v) is 13.4. The van der Waals surface area contributed by atoms with Crippen LogP contribution in [0.15, 0.2) is 108 Å². The monoisotopic (exact) mass is 505 g/mol. The Morgan fingerprint density at radius 3 is 2.28 bits per heavy atom. The summed E-state index contributed by atoms with van der Waals surface area (Å²) in [7, 11) is 0. The van der Waals surface area contributed by atoms with E-state index in [-0.39, 0.29) is 0 Å². The fraction of sp³-hybridized carbons (Fsp3) is 0.143. The van der Waals surface area contributed by atoms with E-state index >= 15 is 0 Å². The lowest BCUT2D eigenvalue weighted by Gasteiger charge is -2.39. The Hall–Kier alpha value is -4.79. The van der Waals surface area contributed by atoms with Crippen LogP contribution in [0.5, 0.6) is 5.75 Å². The Morgan fingerprint density at radius 1 is 0.821 bits per heavy atom. The van der Waals surface area contributed by atoms with Crippen molar-refractivity contribution in [1.29, 1.82) is 0 Å². The number of nitrogens with zero attached hydrogens (tertiary/aromatic N) is 3. The van der Waals surface area contributed by atoms with Gasteiger partial charge in [-0.3, -0.25) is 0 Å². The molecule has 0 N–H and O–H groups in total. The molecule has 1 heterocycles. The smallest absolute Gasteiger partial charge is 0.178 e. The fourth-order valence-electron chi connectivity index (χ4n) is 6.21. The molecule has 1 aliphatic heterocycles. The van der Waals surface area contributed by atoms with Crippen molar-refractivity contribution in [3.05, 3.63) is 153 Å². The van der Waals surface area contributed by atoms with Gasteiger partial charge in [-0.25, -0.2) is 0 Å². The summed E-state index contributed by atoms with van der Waals surface area (Å²) < 4.78 is 7.31. The lowest BCUT2D eigenvalue weighted by Crippen LogP contribution is -2.35. The van der Waals surface area contributed by atoms with Gasteiger partial charge in [0.25, 0.3) is 0 Å².